The lowest BCUT2D eigenvalue weighted by atomic mass is 10.1. The van der Waals surface area contributed by atoms with Crippen molar-refractivity contribution in [2.24, 2.45) is 0 Å². The highest BCUT2D eigenvalue weighted by atomic mass is 16.2. The van der Waals surface area contributed by atoms with E-state index in [1.807, 2.05) is 4.90 Å². The zero-order valence-electron chi connectivity index (χ0n) is 14.9. The van der Waals surface area contributed by atoms with E-state index in [0.29, 0.717) is 6.42 Å². The number of rotatable bonds is 3. The largest absolute Gasteiger partial charge is 0.368 e. The van der Waals surface area contributed by atoms with Crippen molar-refractivity contribution in [3.63, 3.8) is 0 Å². The van der Waals surface area contributed by atoms with Crippen molar-refractivity contribution in [3.8, 4) is 0 Å². The second-order valence-electron chi connectivity index (χ2n) is 6.77. The van der Waals surface area contributed by atoms with E-state index in [1.54, 1.807) is 0 Å². The monoisotopic (exact) mass is 322 g/mol. The second-order valence-corrected chi connectivity index (χ2v) is 6.77. The molecule has 3 nitrogen and oxygen atoms in total. The molecular formula is C21H26N2O. The van der Waals surface area contributed by atoms with E-state index < -0.39 is 0 Å². The number of aryl methyl sites for hydroxylation is 3. The lowest BCUT2D eigenvalue weighted by Crippen LogP contribution is -2.49. The zero-order chi connectivity index (χ0) is 17.1. The van der Waals surface area contributed by atoms with Gasteiger partial charge in [-0.25, -0.2) is 0 Å². The van der Waals surface area contributed by atoms with Crippen molar-refractivity contribution in [1.29, 1.82) is 0 Å². The summed E-state index contributed by atoms with van der Waals surface area (Å²) in [6, 6.07) is 14.7. The molecule has 1 saturated heterocycles. The van der Waals surface area contributed by atoms with Crippen LogP contribution in [0.1, 0.15) is 22.3 Å². The van der Waals surface area contributed by atoms with Crippen LogP contribution in [0.5, 0.6) is 0 Å². The highest BCUT2D eigenvalue weighted by Crippen LogP contribution is 2.25. The molecule has 3 heteroatoms. The van der Waals surface area contributed by atoms with Crippen LogP contribution < -0.4 is 4.90 Å². The van der Waals surface area contributed by atoms with Crippen molar-refractivity contribution in [2.75, 3.05) is 31.1 Å². The van der Waals surface area contributed by atoms with Gasteiger partial charge in [-0.15, -0.1) is 0 Å². The number of piperazine rings is 1. The fraction of sp³-hybridized carbons (Fsp3) is 0.381. The number of carbonyl (C=O) groups is 1. The van der Waals surface area contributed by atoms with Crippen molar-refractivity contribution in [1.82, 2.24) is 4.90 Å². The van der Waals surface area contributed by atoms with E-state index in [2.05, 4.69) is 68.1 Å². The van der Waals surface area contributed by atoms with E-state index >= 15 is 0 Å². The molecule has 0 aliphatic carbocycles. The van der Waals surface area contributed by atoms with Gasteiger partial charge in [0.15, 0.2) is 0 Å². The summed E-state index contributed by atoms with van der Waals surface area (Å²) < 4.78 is 0. The highest BCUT2D eigenvalue weighted by Gasteiger charge is 2.22. The molecule has 1 heterocycles. The smallest absolute Gasteiger partial charge is 0.227 e. The van der Waals surface area contributed by atoms with Gasteiger partial charge in [0, 0.05) is 31.9 Å². The van der Waals surface area contributed by atoms with Crippen LogP contribution in [0.2, 0.25) is 0 Å². The van der Waals surface area contributed by atoms with E-state index in [1.165, 1.54) is 22.4 Å². The molecule has 3 rings (SSSR count). The van der Waals surface area contributed by atoms with Crippen LogP contribution in [0.25, 0.3) is 0 Å². The van der Waals surface area contributed by atoms with Gasteiger partial charge in [-0.05, 0) is 37.5 Å². The summed E-state index contributed by atoms with van der Waals surface area (Å²) in [5.74, 6) is 0.236. The summed E-state index contributed by atoms with van der Waals surface area (Å²) >= 11 is 0. The number of anilines is 1. The molecule has 0 unspecified atom stereocenters. The molecule has 2 aromatic carbocycles. The van der Waals surface area contributed by atoms with Gasteiger partial charge in [0.05, 0.1) is 6.42 Å². The quantitative estimate of drug-likeness (QED) is 0.863. The van der Waals surface area contributed by atoms with E-state index in [0.717, 1.165) is 31.7 Å². The number of para-hydroxylation sites is 1. The molecule has 0 bridgehead atoms. The van der Waals surface area contributed by atoms with Crippen molar-refractivity contribution in [2.45, 2.75) is 27.2 Å². The highest BCUT2D eigenvalue weighted by molar-refractivity contribution is 5.79. The number of hydrogen-bond acceptors (Lipinski definition) is 2. The van der Waals surface area contributed by atoms with E-state index in [4.69, 9.17) is 0 Å². The number of benzene rings is 2. The summed E-state index contributed by atoms with van der Waals surface area (Å²) in [5, 5.41) is 0. The van der Waals surface area contributed by atoms with Crippen molar-refractivity contribution < 1.29 is 4.79 Å². The van der Waals surface area contributed by atoms with Crippen LogP contribution in [-0.4, -0.2) is 37.0 Å². The van der Waals surface area contributed by atoms with Gasteiger partial charge < -0.3 is 9.80 Å². The van der Waals surface area contributed by atoms with Gasteiger partial charge in [-0.3, -0.25) is 4.79 Å². The fourth-order valence-corrected chi connectivity index (χ4v) is 3.48. The van der Waals surface area contributed by atoms with Crippen LogP contribution in [-0.2, 0) is 11.2 Å². The Kier molecular flexibility index (Phi) is 4.89. The Balaban J connectivity index is 1.60. The SMILES string of the molecule is Cc1ccc(CC(=O)N2CCN(c3c(C)cccc3C)CC2)cc1. The molecule has 0 spiro atoms. The number of carbonyl (C=O) groups excluding carboxylic acids is 1. The van der Waals surface area contributed by atoms with Crippen LogP contribution in [0.4, 0.5) is 5.69 Å². The minimum absolute atomic E-state index is 0.236. The van der Waals surface area contributed by atoms with Crippen molar-refractivity contribution >= 4 is 11.6 Å². The average molecular weight is 322 g/mol. The normalized spacial score (nSPS) is 14.8. The third-order valence-corrected chi connectivity index (χ3v) is 4.86. The summed E-state index contributed by atoms with van der Waals surface area (Å²) in [5.41, 5.74) is 6.29. The molecule has 0 N–H and O–H groups in total. The summed E-state index contributed by atoms with van der Waals surface area (Å²) in [6.45, 7) is 9.82. The molecule has 1 aliphatic rings. The third kappa shape index (κ3) is 3.61. The first-order valence-corrected chi connectivity index (χ1v) is 8.69. The number of hydrogen-bond donors (Lipinski definition) is 0. The number of nitrogens with zero attached hydrogens (tertiary/aromatic N) is 2. The predicted molar refractivity (Wildman–Crippen MR) is 99.6 cm³/mol. The summed E-state index contributed by atoms with van der Waals surface area (Å²) in [4.78, 5) is 17.0. The Labute approximate surface area is 144 Å². The molecule has 126 valence electrons. The first kappa shape index (κ1) is 16.6. The molecule has 24 heavy (non-hydrogen) atoms. The molecule has 0 radical (unpaired) electrons. The summed E-state index contributed by atoms with van der Waals surface area (Å²) in [7, 11) is 0. The van der Waals surface area contributed by atoms with Crippen LogP contribution in [0.15, 0.2) is 42.5 Å². The second kappa shape index (κ2) is 7.08. The Morgan fingerprint density at radius 1 is 0.875 bits per heavy atom. The van der Waals surface area contributed by atoms with Crippen LogP contribution in [0.3, 0.4) is 0 Å². The van der Waals surface area contributed by atoms with Crippen LogP contribution in [0, 0.1) is 20.8 Å². The predicted octanol–water partition coefficient (Wildman–Crippen LogP) is 3.50. The zero-order valence-corrected chi connectivity index (χ0v) is 14.9. The molecular weight excluding hydrogens is 296 g/mol. The molecule has 0 aromatic heterocycles. The minimum Gasteiger partial charge on any atom is -0.368 e. The fourth-order valence-electron chi connectivity index (χ4n) is 3.48. The average Bonchev–Trinajstić information content (AvgIpc) is 2.57. The maximum absolute atomic E-state index is 12.5. The van der Waals surface area contributed by atoms with Gasteiger partial charge >= 0.3 is 0 Å². The lowest BCUT2D eigenvalue weighted by molar-refractivity contribution is -0.130. The molecule has 1 aliphatic heterocycles. The Morgan fingerprint density at radius 2 is 1.46 bits per heavy atom. The third-order valence-electron chi connectivity index (χ3n) is 4.86. The summed E-state index contributed by atoms with van der Waals surface area (Å²) in [6.07, 6.45) is 0.504. The maximum Gasteiger partial charge on any atom is 0.227 e. The minimum atomic E-state index is 0.236. The van der Waals surface area contributed by atoms with Gasteiger partial charge in [-0.2, -0.15) is 0 Å². The van der Waals surface area contributed by atoms with Gasteiger partial charge in [0.2, 0.25) is 5.91 Å². The first-order valence-electron chi connectivity index (χ1n) is 8.69. The van der Waals surface area contributed by atoms with Crippen molar-refractivity contribution in [3.05, 3.63) is 64.7 Å². The molecule has 1 amide bonds. The van der Waals surface area contributed by atoms with Gasteiger partial charge in [0.25, 0.3) is 0 Å². The molecule has 0 atom stereocenters. The van der Waals surface area contributed by atoms with E-state index in [9.17, 15) is 4.79 Å². The Hall–Kier alpha value is -2.29. The lowest BCUT2D eigenvalue weighted by Gasteiger charge is -2.37. The van der Waals surface area contributed by atoms with Gasteiger partial charge in [-0.1, -0.05) is 48.0 Å². The molecule has 1 fully saturated rings. The number of amides is 1. The molecule has 2 aromatic rings. The van der Waals surface area contributed by atoms with Gasteiger partial charge in [0.1, 0.15) is 0 Å². The maximum atomic E-state index is 12.5. The first-order chi connectivity index (χ1) is 11.5. The Bertz CT molecular complexity index is 693. The standard InChI is InChI=1S/C21H26N2O/c1-16-7-9-19(10-8-16)15-20(24)22-11-13-23(14-12-22)21-17(2)5-4-6-18(21)3/h4-10H,11-15H2,1-3H3. The topological polar surface area (TPSA) is 23.6 Å². The Morgan fingerprint density at radius 3 is 2.04 bits per heavy atom. The van der Waals surface area contributed by atoms with E-state index in [-0.39, 0.29) is 5.91 Å². The van der Waals surface area contributed by atoms with Crippen LogP contribution >= 0.6 is 0 Å². The molecule has 0 saturated carbocycles.